The number of ether oxygens (including phenoxy) is 1. The molecule has 2 aliphatic rings. The van der Waals surface area contributed by atoms with Crippen LogP contribution in [-0.4, -0.2) is 22.3 Å². The van der Waals surface area contributed by atoms with E-state index in [4.69, 9.17) is 4.74 Å². The van der Waals surface area contributed by atoms with E-state index < -0.39 is 0 Å². The van der Waals surface area contributed by atoms with Crippen LogP contribution in [0.3, 0.4) is 0 Å². The van der Waals surface area contributed by atoms with Gasteiger partial charge in [-0.1, -0.05) is 25.0 Å². The molecule has 1 aromatic heterocycles. The van der Waals surface area contributed by atoms with Crippen LogP contribution in [0.15, 0.2) is 24.3 Å². The average molecular weight is 367 g/mol. The van der Waals surface area contributed by atoms with E-state index in [0.717, 1.165) is 29.2 Å². The largest absolute Gasteiger partial charge is 0.493 e. The quantitative estimate of drug-likeness (QED) is 0.801. The molecule has 0 spiro atoms. The molecule has 2 fully saturated rings. The van der Waals surface area contributed by atoms with Gasteiger partial charge in [0.25, 0.3) is 5.91 Å². The molecule has 0 aliphatic heterocycles. The minimum atomic E-state index is -0.0754. The highest BCUT2D eigenvalue weighted by Gasteiger charge is 2.28. The normalized spacial score (nSPS) is 17.3. The molecule has 2 aliphatic carbocycles. The van der Waals surface area contributed by atoms with Gasteiger partial charge in [0.2, 0.25) is 0 Å². The van der Waals surface area contributed by atoms with Gasteiger partial charge in [-0.05, 0) is 61.8 Å². The third-order valence-corrected chi connectivity index (χ3v) is 5.91. The van der Waals surface area contributed by atoms with Crippen molar-refractivity contribution in [3.8, 4) is 5.75 Å². The van der Waals surface area contributed by atoms with Crippen molar-refractivity contribution in [2.75, 3.05) is 6.61 Å². The van der Waals surface area contributed by atoms with Gasteiger partial charge in [0, 0.05) is 19.5 Å². The SMILES string of the molecule is Cc1c(CNC(=O)c2cc(C3CC3)nn2C)cccc1OCC1CCCC1. The molecule has 2 saturated carbocycles. The minimum Gasteiger partial charge on any atom is -0.493 e. The van der Waals surface area contributed by atoms with Gasteiger partial charge in [0.05, 0.1) is 12.3 Å². The highest BCUT2D eigenvalue weighted by atomic mass is 16.5. The Labute approximate surface area is 161 Å². The third-order valence-electron chi connectivity index (χ3n) is 5.91. The molecule has 0 saturated heterocycles. The van der Waals surface area contributed by atoms with E-state index in [1.807, 2.05) is 25.2 Å². The van der Waals surface area contributed by atoms with Crippen LogP contribution < -0.4 is 10.1 Å². The number of nitrogens with zero attached hydrogens (tertiary/aromatic N) is 2. The van der Waals surface area contributed by atoms with Crippen molar-refractivity contribution in [2.45, 2.75) is 57.9 Å². The van der Waals surface area contributed by atoms with Crippen molar-refractivity contribution >= 4 is 5.91 Å². The molecule has 144 valence electrons. The standard InChI is InChI=1S/C22H29N3O2/c1-15-18(8-5-9-21(15)27-14-16-6-3-4-7-16)13-23-22(26)20-12-19(17-10-11-17)24-25(20)2/h5,8-9,12,16-17H,3-4,6-7,10-11,13-14H2,1-2H3,(H,23,26). The summed E-state index contributed by atoms with van der Waals surface area (Å²) in [6.07, 6.45) is 7.59. The third kappa shape index (κ3) is 4.18. The highest BCUT2D eigenvalue weighted by molar-refractivity contribution is 5.92. The second-order valence-corrected chi connectivity index (χ2v) is 8.04. The fraction of sp³-hybridized carbons (Fsp3) is 0.545. The average Bonchev–Trinajstić information content (AvgIpc) is 3.24. The van der Waals surface area contributed by atoms with Crippen molar-refractivity contribution < 1.29 is 9.53 Å². The van der Waals surface area contributed by atoms with Crippen LogP contribution >= 0.6 is 0 Å². The monoisotopic (exact) mass is 367 g/mol. The molecule has 0 bridgehead atoms. The lowest BCUT2D eigenvalue weighted by Crippen LogP contribution is -2.25. The summed E-state index contributed by atoms with van der Waals surface area (Å²) < 4.78 is 7.77. The van der Waals surface area contributed by atoms with Gasteiger partial charge in [-0.15, -0.1) is 0 Å². The van der Waals surface area contributed by atoms with Gasteiger partial charge in [0.15, 0.2) is 0 Å². The van der Waals surface area contributed by atoms with Crippen LogP contribution in [0.1, 0.15) is 71.8 Å². The van der Waals surface area contributed by atoms with Gasteiger partial charge in [0.1, 0.15) is 11.4 Å². The first-order chi connectivity index (χ1) is 13.1. The van der Waals surface area contributed by atoms with E-state index in [2.05, 4.69) is 23.4 Å². The minimum absolute atomic E-state index is 0.0754. The lowest BCUT2D eigenvalue weighted by molar-refractivity contribution is 0.0941. The van der Waals surface area contributed by atoms with Crippen molar-refractivity contribution in [2.24, 2.45) is 13.0 Å². The molecular formula is C22H29N3O2. The van der Waals surface area contributed by atoms with E-state index in [1.54, 1.807) is 4.68 Å². The summed E-state index contributed by atoms with van der Waals surface area (Å²) in [5, 5.41) is 7.52. The first-order valence-corrected chi connectivity index (χ1v) is 10.1. The molecular weight excluding hydrogens is 338 g/mol. The molecule has 4 rings (SSSR count). The number of amides is 1. The highest BCUT2D eigenvalue weighted by Crippen LogP contribution is 2.39. The molecule has 1 amide bonds. The predicted octanol–water partition coefficient (Wildman–Crippen LogP) is 4.10. The first-order valence-electron chi connectivity index (χ1n) is 10.1. The number of carbonyl (C=O) groups is 1. The zero-order chi connectivity index (χ0) is 18.8. The molecule has 2 aromatic rings. The number of rotatable bonds is 7. The van der Waals surface area contributed by atoms with Crippen LogP contribution in [0, 0.1) is 12.8 Å². The fourth-order valence-electron chi connectivity index (χ4n) is 3.94. The van der Waals surface area contributed by atoms with Crippen LogP contribution in [-0.2, 0) is 13.6 Å². The Morgan fingerprint density at radius 3 is 2.78 bits per heavy atom. The summed E-state index contributed by atoms with van der Waals surface area (Å²) in [4.78, 5) is 12.6. The van der Waals surface area contributed by atoms with E-state index >= 15 is 0 Å². The van der Waals surface area contributed by atoms with E-state index in [-0.39, 0.29) is 5.91 Å². The number of hydrogen-bond donors (Lipinski definition) is 1. The van der Waals surface area contributed by atoms with E-state index in [1.165, 1.54) is 38.5 Å². The summed E-state index contributed by atoms with van der Waals surface area (Å²) >= 11 is 0. The summed E-state index contributed by atoms with van der Waals surface area (Å²) in [5.74, 6) is 2.10. The molecule has 5 heteroatoms. The summed E-state index contributed by atoms with van der Waals surface area (Å²) in [6.45, 7) is 3.37. The second-order valence-electron chi connectivity index (χ2n) is 8.04. The predicted molar refractivity (Wildman–Crippen MR) is 105 cm³/mol. The van der Waals surface area contributed by atoms with Gasteiger partial charge in [-0.2, -0.15) is 5.10 Å². The maximum Gasteiger partial charge on any atom is 0.269 e. The fourth-order valence-corrected chi connectivity index (χ4v) is 3.94. The van der Waals surface area contributed by atoms with Crippen molar-refractivity contribution in [1.82, 2.24) is 15.1 Å². The Kier molecular flexibility index (Phi) is 5.19. The maximum atomic E-state index is 12.6. The van der Waals surface area contributed by atoms with Crippen molar-refractivity contribution in [3.05, 3.63) is 46.8 Å². The smallest absolute Gasteiger partial charge is 0.269 e. The second kappa shape index (κ2) is 7.75. The molecule has 1 heterocycles. The number of aromatic nitrogens is 2. The Balaban J connectivity index is 1.37. The Hall–Kier alpha value is -2.30. The number of benzene rings is 1. The van der Waals surface area contributed by atoms with Gasteiger partial charge >= 0.3 is 0 Å². The number of aryl methyl sites for hydroxylation is 1. The lowest BCUT2D eigenvalue weighted by atomic mass is 10.1. The Bertz CT molecular complexity index is 817. The summed E-state index contributed by atoms with van der Waals surface area (Å²) in [6, 6.07) is 8.02. The topological polar surface area (TPSA) is 56.2 Å². The zero-order valence-electron chi connectivity index (χ0n) is 16.3. The van der Waals surface area contributed by atoms with Gasteiger partial charge < -0.3 is 10.1 Å². The zero-order valence-corrected chi connectivity index (χ0v) is 16.3. The number of hydrogen-bond acceptors (Lipinski definition) is 3. The molecule has 1 N–H and O–H groups in total. The summed E-state index contributed by atoms with van der Waals surface area (Å²) in [5.41, 5.74) is 3.88. The van der Waals surface area contributed by atoms with Crippen LogP contribution in [0.25, 0.3) is 0 Å². The van der Waals surface area contributed by atoms with Crippen LogP contribution in [0.2, 0.25) is 0 Å². The number of nitrogens with one attached hydrogen (secondary N) is 1. The molecule has 1 aromatic carbocycles. The Morgan fingerprint density at radius 2 is 2.04 bits per heavy atom. The first kappa shape index (κ1) is 18.1. The van der Waals surface area contributed by atoms with E-state index in [9.17, 15) is 4.79 Å². The lowest BCUT2D eigenvalue weighted by Gasteiger charge is -2.16. The van der Waals surface area contributed by atoms with Gasteiger partial charge in [-0.25, -0.2) is 0 Å². The van der Waals surface area contributed by atoms with Crippen molar-refractivity contribution in [1.29, 1.82) is 0 Å². The van der Waals surface area contributed by atoms with Crippen LogP contribution in [0.5, 0.6) is 5.75 Å². The van der Waals surface area contributed by atoms with Crippen LogP contribution in [0.4, 0.5) is 0 Å². The van der Waals surface area contributed by atoms with E-state index in [0.29, 0.717) is 24.1 Å². The molecule has 0 radical (unpaired) electrons. The maximum absolute atomic E-state index is 12.6. The Morgan fingerprint density at radius 1 is 1.26 bits per heavy atom. The molecule has 27 heavy (non-hydrogen) atoms. The van der Waals surface area contributed by atoms with Crippen molar-refractivity contribution in [3.63, 3.8) is 0 Å². The molecule has 0 unspecified atom stereocenters. The molecule has 0 atom stereocenters. The number of carbonyl (C=O) groups excluding carboxylic acids is 1. The van der Waals surface area contributed by atoms with Gasteiger partial charge in [-0.3, -0.25) is 9.48 Å². The summed E-state index contributed by atoms with van der Waals surface area (Å²) in [7, 11) is 1.84. The molecule has 5 nitrogen and oxygen atoms in total.